The molecule has 2 rings (SSSR count). The lowest BCUT2D eigenvalue weighted by atomic mass is 9.76. The Morgan fingerprint density at radius 2 is 2.08 bits per heavy atom. The normalized spacial score (nSPS) is 18.9. The number of carbonyl (C=O) groups is 1. The predicted octanol–water partition coefficient (Wildman–Crippen LogP) is 4.04. The van der Waals surface area contributed by atoms with Crippen molar-refractivity contribution >= 4 is 5.91 Å². The molecule has 1 aliphatic rings. The van der Waals surface area contributed by atoms with Crippen LogP contribution >= 0.6 is 0 Å². The quantitative estimate of drug-likeness (QED) is 0.639. The molecule has 2 atom stereocenters. The van der Waals surface area contributed by atoms with E-state index < -0.39 is 49.3 Å². The van der Waals surface area contributed by atoms with Gasteiger partial charge in [0.2, 0.25) is 11.8 Å². The van der Waals surface area contributed by atoms with Crippen LogP contribution in [0.2, 0.25) is 0 Å². The zero-order valence-electron chi connectivity index (χ0n) is 14.4. The Hall–Kier alpha value is -1.83. The van der Waals surface area contributed by atoms with Crippen molar-refractivity contribution in [3.05, 3.63) is 29.8 Å². The smallest absolute Gasteiger partial charge is 0.387 e. The van der Waals surface area contributed by atoms with E-state index in [9.17, 15) is 27.5 Å². The summed E-state index contributed by atoms with van der Waals surface area (Å²) in [4.78, 5) is 12.2. The van der Waals surface area contributed by atoms with Gasteiger partial charge >= 0.3 is 6.61 Å². The molecule has 1 amide bonds. The standard InChI is InChI=1S/C18H23F4NO3/c1-2-4-14(11-5-3-6-13(7-11)26-17(19)20)23-16(25)8-15(24)12-9-18(21,22)10-12/h3,5-7,12,14-15,17,24H,2,4,8-10H2,1H3,(H,23,25)/t14-,15?/m0/s1. The van der Waals surface area contributed by atoms with Crippen molar-refractivity contribution in [2.75, 3.05) is 0 Å². The monoisotopic (exact) mass is 377 g/mol. The van der Waals surface area contributed by atoms with E-state index in [1.165, 1.54) is 12.1 Å². The fourth-order valence-corrected chi connectivity index (χ4v) is 3.11. The summed E-state index contributed by atoms with van der Waals surface area (Å²) in [5.41, 5.74) is 0.600. The number of aliphatic hydroxyl groups is 1. The van der Waals surface area contributed by atoms with Crippen LogP contribution in [0.15, 0.2) is 24.3 Å². The maximum Gasteiger partial charge on any atom is 0.387 e. The van der Waals surface area contributed by atoms with Crippen molar-refractivity contribution in [3.8, 4) is 5.75 Å². The Morgan fingerprint density at radius 3 is 2.65 bits per heavy atom. The molecule has 8 heteroatoms. The van der Waals surface area contributed by atoms with Gasteiger partial charge in [-0.25, -0.2) is 8.78 Å². The molecule has 4 nitrogen and oxygen atoms in total. The fourth-order valence-electron chi connectivity index (χ4n) is 3.11. The molecule has 0 spiro atoms. The lowest BCUT2D eigenvalue weighted by Gasteiger charge is -2.37. The molecule has 1 unspecified atom stereocenters. The molecule has 0 bridgehead atoms. The Morgan fingerprint density at radius 1 is 1.38 bits per heavy atom. The lowest BCUT2D eigenvalue weighted by Crippen LogP contribution is -2.44. The molecule has 0 saturated heterocycles. The number of hydrogen-bond donors (Lipinski definition) is 2. The first-order valence-electron chi connectivity index (χ1n) is 8.60. The minimum atomic E-state index is -2.94. The van der Waals surface area contributed by atoms with Crippen LogP contribution in [0.5, 0.6) is 5.75 Å². The van der Waals surface area contributed by atoms with Crippen molar-refractivity contribution in [1.29, 1.82) is 0 Å². The highest BCUT2D eigenvalue weighted by Gasteiger charge is 2.48. The first kappa shape index (κ1) is 20.5. The largest absolute Gasteiger partial charge is 0.435 e. The highest BCUT2D eigenvalue weighted by molar-refractivity contribution is 5.77. The van der Waals surface area contributed by atoms with Crippen LogP contribution in [0.25, 0.3) is 0 Å². The molecule has 1 aromatic rings. The molecule has 146 valence electrons. The van der Waals surface area contributed by atoms with Crippen molar-refractivity contribution in [2.45, 2.75) is 63.7 Å². The van der Waals surface area contributed by atoms with Crippen LogP contribution in [-0.2, 0) is 4.79 Å². The predicted molar refractivity (Wildman–Crippen MR) is 87.2 cm³/mol. The van der Waals surface area contributed by atoms with Gasteiger partial charge in [0.25, 0.3) is 0 Å². The molecule has 0 aromatic heterocycles. The first-order valence-corrected chi connectivity index (χ1v) is 8.60. The number of nitrogens with one attached hydrogen (secondary N) is 1. The van der Waals surface area contributed by atoms with Gasteiger partial charge in [0.05, 0.1) is 18.6 Å². The van der Waals surface area contributed by atoms with Crippen molar-refractivity contribution in [2.24, 2.45) is 5.92 Å². The molecule has 1 saturated carbocycles. The second-order valence-electron chi connectivity index (χ2n) is 6.66. The minimum Gasteiger partial charge on any atom is -0.435 e. The lowest BCUT2D eigenvalue weighted by molar-refractivity contribution is -0.148. The van der Waals surface area contributed by atoms with E-state index in [4.69, 9.17) is 0 Å². The first-order chi connectivity index (χ1) is 12.2. The second kappa shape index (κ2) is 8.70. The van der Waals surface area contributed by atoms with Crippen LogP contribution in [0.1, 0.15) is 50.6 Å². The van der Waals surface area contributed by atoms with Crippen LogP contribution in [-0.4, -0.2) is 29.7 Å². The summed E-state index contributed by atoms with van der Waals surface area (Å²) in [6, 6.07) is 5.61. The number of hydrogen-bond acceptors (Lipinski definition) is 3. The van der Waals surface area contributed by atoms with E-state index in [0.717, 1.165) is 6.42 Å². The third kappa shape index (κ3) is 5.86. The molecule has 0 aliphatic heterocycles. The van der Waals surface area contributed by atoms with Crippen molar-refractivity contribution in [1.82, 2.24) is 5.32 Å². The SMILES string of the molecule is CCC[C@H](NC(=O)CC(O)C1CC(F)(F)C1)c1cccc(OC(F)F)c1. The highest BCUT2D eigenvalue weighted by atomic mass is 19.3. The number of halogens is 4. The summed E-state index contributed by atoms with van der Waals surface area (Å²) in [6.45, 7) is -1.04. The topological polar surface area (TPSA) is 58.6 Å². The van der Waals surface area contributed by atoms with E-state index >= 15 is 0 Å². The maximum atomic E-state index is 12.9. The zero-order chi connectivity index (χ0) is 19.3. The van der Waals surface area contributed by atoms with Crippen LogP contribution in [0.3, 0.4) is 0 Å². The van der Waals surface area contributed by atoms with Gasteiger partial charge in [-0.2, -0.15) is 8.78 Å². The average Bonchev–Trinajstić information content (AvgIpc) is 2.51. The van der Waals surface area contributed by atoms with Gasteiger partial charge in [-0.3, -0.25) is 4.79 Å². The maximum absolute atomic E-state index is 12.9. The Bertz CT molecular complexity index is 604. The van der Waals surface area contributed by atoms with Crippen molar-refractivity contribution in [3.63, 3.8) is 0 Å². The molecule has 1 aliphatic carbocycles. The molecule has 1 aromatic carbocycles. The van der Waals surface area contributed by atoms with Gasteiger partial charge in [-0.1, -0.05) is 25.5 Å². The molecule has 26 heavy (non-hydrogen) atoms. The number of ether oxygens (including phenoxy) is 1. The minimum absolute atomic E-state index is 0.00964. The van der Waals surface area contributed by atoms with E-state index in [-0.39, 0.29) is 12.2 Å². The van der Waals surface area contributed by atoms with E-state index in [2.05, 4.69) is 10.1 Å². The number of carbonyl (C=O) groups excluding carboxylic acids is 1. The molecule has 0 heterocycles. The van der Waals surface area contributed by atoms with Crippen LogP contribution in [0.4, 0.5) is 17.6 Å². The number of aliphatic hydroxyl groups excluding tert-OH is 1. The molecule has 0 radical (unpaired) electrons. The van der Waals surface area contributed by atoms with Crippen LogP contribution in [0, 0.1) is 5.92 Å². The average molecular weight is 377 g/mol. The van der Waals surface area contributed by atoms with Crippen LogP contribution < -0.4 is 10.1 Å². The third-order valence-corrected chi connectivity index (χ3v) is 4.46. The summed E-state index contributed by atoms with van der Waals surface area (Å²) in [6.07, 6.45) is -0.928. The Balaban J connectivity index is 1.95. The molecular weight excluding hydrogens is 354 g/mol. The summed E-state index contributed by atoms with van der Waals surface area (Å²) in [7, 11) is 0. The van der Waals surface area contributed by atoms with Gasteiger partial charge in [-0.05, 0) is 30.0 Å². The molecule has 2 N–H and O–H groups in total. The molecular formula is C18H23F4NO3. The van der Waals surface area contributed by atoms with E-state index in [1.807, 2.05) is 6.92 Å². The summed E-state index contributed by atoms with van der Waals surface area (Å²) in [5.74, 6) is -3.81. The van der Waals surface area contributed by atoms with Gasteiger partial charge in [0.1, 0.15) is 5.75 Å². The Kier molecular flexibility index (Phi) is 6.86. The highest BCUT2D eigenvalue weighted by Crippen LogP contribution is 2.44. The Labute approximate surface area is 149 Å². The second-order valence-corrected chi connectivity index (χ2v) is 6.66. The molecule has 1 fully saturated rings. The number of benzene rings is 1. The number of rotatable bonds is 9. The van der Waals surface area contributed by atoms with Gasteiger partial charge in [0, 0.05) is 12.8 Å². The van der Waals surface area contributed by atoms with Gasteiger partial charge < -0.3 is 15.2 Å². The zero-order valence-corrected chi connectivity index (χ0v) is 14.4. The fraction of sp³-hybridized carbons (Fsp3) is 0.611. The van der Waals surface area contributed by atoms with Gasteiger partial charge in [-0.15, -0.1) is 0 Å². The van der Waals surface area contributed by atoms with E-state index in [1.54, 1.807) is 12.1 Å². The summed E-state index contributed by atoms with van der Waals surface area (Å²) in [5, 5.41) is 12.7. The van der Waals surface area contributed by atoms with E-state index in [0.29, 0.717) is 12.0 Å². The number of alkyl halides is 4. The van der Waals surface area contributed by atoms with Crippen molar-refractivity contribution < 1.29 is 32.2 Å². The van der Waals surface area contributed by atoms with Gasteiger partial charge in [0.15, 0.2) is 0 Å². The summed E-state index contributed by atoms with van der Waals surface area (Å²) < 4.78 is 54.8. The number of amides is 1. The third-order valence-electron chi connectivity index (χ3n) is 4.46. The summed E-state index contributed by atoms with van der Waals surface area (Å²) >= 11 is 0.